The van der Waals surface area contributed by atoms with Crippen LogP contribution in [0, 0.1) is 0 Å². The maximum Gasteiger partial charge on any atom is 0.271 e. The zero-order valence-corrected chi connectivity index (χ0v) is 6.24. The van der Waals surface area contributed by atoms with E-state index < -0.39 is 5.91 Å². The number of hydrogen-bond donors (Lipinski definition) is 2. The third-order valence-electron chi connectivity index (χ3n) is 1.45. The first-order valence-corrected chi connectivity index (χ1v) is 3.27. The lowest BCUT2D eigenvalue weighted by Gasteiger charge is -1.98. The number of primary amides is 1. The predicted octanol–water partition coefficient (Wildman–Crippen LogP) is -0.416. The Morgan fingerprint density at radius 3 is 2.73 bits per heavy atom. The second kappa shape index (κ2) is 2.61. The summed E-state index contributed by atoms with van der Waals surface area (Å²) in [5.41, 5.74) is 10.6. The molecule has 0 spiro atoms. The number of carbonyl (C=O) groups excluding carboxylic acids is 1. The molecule has 0 aliphatic heterocycles. The summed E-state index contributed by atoms with van der Waals surface area (Å²) in [7, 11) is 0. The van der Waals surface area contributed by atoms with Crippen LogP contribution in [0.2, 0.25) is 0 Å². The van der Waals surface area contributed by atoms with E-state index in [4.69, 9.17) is 11.5 Å². The number of hydrogen-bond acceptors (Lipinski definition) is 3. The number of aromatic nitrogens is 2. The molecule has 0 aliphatic rings. The Bertz CT molecular complexity index is 278. The summed E-state index contributed by atoms with van der Waals surface area (Å²) >= 11 is 0. The topological polar surface area (TPSA) is 86.9 Å². The highest BCUT2D eigenvalue weighted by molar-refractivity contribution is 5.95. The van der Waals surface area contributed by atoms with Gasteiger partial charge in [-0.15, -0.1) is 0 Å². The van der Waals surface area contributed by atoms with Gasteiger partial charge in [0, 0.05) is 6.54 Å². The van der Waals surface area contributed by atoms with Gasteiger partial charge in [0.2, 0.25) is 0 Å². The largest absolute Gasteiger partial charge is 0.383 e. The number of imidazole rings is 1. The van der Waals surface area contributed by atoms with Crippen molar-refractivity contribution >= 4 is 11.7 Å². The molecule has 60 valence electrons. The normalized spacial score (nSPS) is 9.91. The number of carbonyl (C=O) groups is 1. The second-order valence-corrected chi connectivity index (χ2v) is 2.13. The van der Waals surface area contributed by atoms with Gasteiger partial charge in [-0.05, 0) is 6.92 Å². The standard InChI is InChI=1S/C6H10N4O/c1-2-10-3-9-4(5(10)7)6(8)11/h3H,2,7H2,1H3,(H2,8,11). The first-order chi connectivity index (χ1) is 5.16. The molecule has 4 N–H and O–H groups in total. The van der Waals surface area contributed by atoms with Crippen LogP contribution in [0.3, 0.4) is 0 Å². The predicted molar refractivity (Wildman–Crippen MR) is 40.8 cm³/mol. The van der Waals surface area contributed by atoms with Crippen molar-refractivity contribution in [2.45, 2.75) is 13.5 Å². The SMILES string of the molecule is CCn1cnc(C(N)=O)c1N. The number of amides is 1. The molecule has 0 aliphatic carbocycles. The lowest BCUT2D eigenvalue weighted by Crippen LogP contribution is -2.14. The van der Waals surface area contributed by atoms with E-state index in [0.717, 1.165) is 0 Å². The van der Waals surface area contributed by atoms with Crippen LogP contribution < -0.4 is 11.5 Å². The van der Waals surface area contributed by atoms with Crippen molar-refractivity contribution in [1.29, 1.82) is 0 Å². The lowest BCUT2D eigenvalue weighted by atomic mass is 10.4. The van der Waals surface area contributed by atoms with Crippen LogP contribution in [0.5, 0.6) is 0 Å². The van der Waals surface area contributed by atoms with Crippen molar-refractivity contribution in [2.75, 3.05) is 5.73 Å². The average Bonchev–Trinajstić information content (AvgIpc) is 2.30. The molecular formula is C6H10N4O. The van der Waals surface area contributed by atoms with Gasteiger partial charge in [0.05, 0.1) is 6.33 Å². The van der Waals surface area contributed by atoms with Gasteiger partial charge in [0.1, 0.15) is 5.82 Å². The fourth-order valence-electron chi connectivity index (χ4n) is 0.834. The average molecular weight is 154 g/mol. The molecule has 5 nitrogen and oxygen atoms in total. The van der Waals surface area contributed by atoms with E-state index in [1.54, 1.807) is 4.57 Å². The summed E-state index contributed by atoms with van der Waals surface area (Å²) in [4.78, 5) is 14.4. The Morgan fingerprint density at radius 2 is 2.45 bits per heavy atom. The molecule has 11 heavy (non-hydrogen) atoms. The Kier molecular flexibility index (Phi) is 1.80. The summed E-state index contributed by atoms with van der Waals surface area (Å²) in [6.45, 7) is 2.59. The van der Waals surface area contributed by atoms with E-state index in [0.29, 0.717) is 12.4 Å². The summed E-state index contributed by atoms with van der Waals surface area (Å²) in [5.74, 6) is -0.255. The molecule has 1 amide bonds. The third-order valence-corrected chi connectivity index (χ3v) is 1.45. The highest BCUT2D eigenvalue weighted by Gasteiger charge is 2.10. The zero-order valence-electron chi connectivity index (χ0n) is 6.24. The van der Waals surface area contributed by atoms with Crippen molar-refractivity contribution in [3.63, 3.8) is 0 Å². The maximum absolute atomic E-state index is 10.6. The van der Waals surface area contributed by atoms with Gasteiger partial charge < -0.3 is 16.0 Å². The number of aryl methyl sites for hydroxylation is 1. The minimum Gasteiger partial charge on any atom is -0.383 e. The summed E-state index contributed by atoms with van der Waals surface area (Å²) in [6, 6.07) is 0. The number of nitrogens with two attached hydrogens (primary N) is 2. The van der Waals surface area contributed by atoms with E-state index in [2.05, 4.69) is 4.98 Å². The van der Waals surface area contributed by atoms with Crippen molar-refractivity contribution < 1.29 is 4.79 Å². The minimum absolute atomic E-state index is 0.145. The molecule has 5 heteroatoms. The Hall–Kier alpha value is -1.52. The molecule has 0 atom stereocenters. The van der Waals surface area contributed by atoms with Crippen molar-refractivity contribution in [2.24, 2.45) is 5.73 Å². The molecule has 0 bridgehead atoms. The number of anilines is 1. The second-order valence-electron chi connectivity index (χ2n) is 2.13. The molecule has 0 radical (unpaired) electrons. The van der Waals surface area contributed by atoms with Crippen molar-refractivity contribution in [3.05, 3.63) is 12.0 Å². The van der Waals surface area contributed by atoms with Gasteiger partial charge in [0.15, 0.2) is 5.69 Å². The van der Waals surface area contributed by atoms with E-state index in [1.165, 1.54) is 6.33 Å². The van der Waals surface area contributed by atoms with Gasteiger partial charge >= 0.3 is 0 Å². The molecule has 0 saturated carbocycles. The summed E-state index contributed by atoms with van der Waals surface area (Å²) in [5, 5.41) is 0. The number of rotatable bonds is 2. The monoisotopic (exact) mass is 154 g/mol. The smallest absolute Gasteiger partial charge is 0.271 e. The molecule has 1 rings (SSSR count). The lowest BCUT2D eigenvalue weighted by molar-refractivity contribution is 0.0997. The van der Waals surface area contributed by atoms with E-state index >= 15 is 0 Å². The zero-order chi connectivity index (χ0) is 8.43. The Balaban J connectivity index is 3.10. The molecule has 1 aromatic rings. The van der Waals surface area contributed by atoms with Crippen LogP contribution in [0.1, 0.15) is 17.4 Å². The van der Waals surface area contributed by atoms with Crippen LogP contribution >= 0.6 is 0 Å². The highest BCUT2D eigenvalue weighted by Crippen LogP contribution is 2.07. The van der Waals surface area contributed by atoms with E-state index in [-0.39, 0.29) is 5.69 Å². The first-order valence-electron chi connectivity index (χ1n) is 3.27. The van der Waals surface area contributed by atoms with Crippen LogP contribution in [0.4, 0.5) is 5.82 Å². The van der Waals surface area contributed by atoms with Crippen LogP contribution in [-0.2, 0) is 6.54 Å². The van der Waals surface area contributed by atoms with Crippen LogP contribution in [-0.4, -0.2) is 15.5 Å². The van der Waals surface area contributed by atoms with Crippen molar-refractivity contribution in [3.8, 4) is 0 Å². The molecule has 1 aromatic heterocycles. The fourth-order valence-corrected chi connectivity index (χ4v) is 0.834. The van der Waals surface area contributed by atoms with Gasteiger partial charge in [-0.3, -0.25) is 4.79 Å². The quantitative estimate of drug-likeness (QED) is 0.606. The van der Waals surface area contributed by atoms with Gasteiger partial charge in [-0.2, -0.15) is 0 Å². The molecule has 1 heterocycles. The van der Waals surface area contributed by atoms with Gasteiger partial charge in [-0.25, -0.2) is 4.98 Å². The third kappa shape index (κ3) is 1.17. The van der Waals surface area contributed by atoms with Gasteiger partial charge in [-0.1, -0.05) is 0 Å². The highest BCUT2D eigenvalue weighted by atomic mass is 16.1. The van der Waals surface area contributed by atoms with Crippen LogP contribution in [0.25, 0.3) is 0 Å². The van der Waals surface area contributed by atoms with E-state index in [1.807, 2.05) is 6.92 Å². The van der Waals surface area contributed by atoms with E-state index in [9.17, 15) is 4.79 Å². The Morgan fingerprint density at radius 1 is 1.82 bits per heavy atom. The maximum atomic E-state index is 10.6. The molecule has 0 fully saturated rings. The summed E-state index contributed by atoms with van der Waals surface area (Å²) < 4.78 is 1.65. The van der Waals surface area contributed by atoms with Gasteiger partial charge in [0.25, 0.3) is 5.91 Å². The number of nitrogens with zero attached hydrogens (tertiary/aromatic N) is 2. The number of nitrogen functional groups attached to an aromatic ring is 1. The van der Waals surface area contributed by atoms with Crippen molar-refractivity contribution in [1.82, 2.24) is 9.55 Å². The molecule has 0 saturated heterocycles. The molecule has 0 aromatic carbocycles. The fraction of sp³-hybridized carbons (Fsp3) is 0.333. The Labute approximate surface area is 64.0 Å². The first kappa shape index (κ1) is 7.59. The molecule has 0 unspecified atom stereocenters. The minimum atomic E-state index is -0.588. The summed E-state index contributed by atoms with van der Waals surface area (Å²) in [6.07, 6.45) is 1.50. The van der Waals surface area contributed by atoms with Crippen LogP contribution in [0.15, 0.2) is 6.33 Å². The molecular weight excluding hydrogens is 144 g/mol.